The molecule has 1 rings (SSSR count). The summed E-state index contributed by atoms with van der Waals surface area (Å²) >= 11 is 5.70. The molecular formula is C13H23ClN2O2S. The second-order valence-electron chi connectivity index (χ2n) is 5.60. The van der Waals surface area contributed by atoms with Gasteiger partial charge < -0.3 is 4.98 Å². The largest absolute Gasteiger partial charge is 0.363 e. The Morgan fingerprint density at radius 2 is 1.74 bits per heavy atom. The second kappa shape index (κ2) is 6.77. The van der Waals surface area contributed by atoms with Crippen molar-refractivity contribution in [1.82, 2.24) is 9.29 Å². The summed E-state index contributed by atoms with van der Waals surface area (Å²) in [6.07, 6.45) is 1.51. The van der Waals surface area contributed by atoms with E-state index < -0.39 is 10.0 Å². The topological polar surface area (TPSA) is 53.2 Å². The lowest BCUT2D eigenvalue weighted by Gasteiger charge is -2.25. The zero-order valence-corrected chi connectivity index (χ0v) is 13.6. The van der Waals surface area contributed by atoms with Crippen LogP contribution in [0.4, 0.5) is 0 Å². The average Bonchev–Trinajstić information content (AvgIpc) is 2.75. The van der Waals surface area contributed by atoms with Gasteiger partial charge in [-0.25, -0.2) is 8.42 Å². The van der Waals surface area contributed by atoms with Gasteiger partial charge >= 0.3 is 0 Å². The van der Waals surface area contributed by atoms with Crippen molar-refractivity contribution in [3.63, 3.8) is 0 Å². The first-order valence-corrected chi connectivity index (χ1v) is 8.48. The molecule has 19 heavy (non-hydrogen) atoms. The number of aromatic amines is 1. The van der Waals surface area contributed by atoms with Crippen LogP contribution >= 0.6 is 11.6 Å². The van der Waals surface area contributed by atoms with Crippen molar-refractivity contribution in [3.05, 3.63) is 18.0 Å². The van der Waals surface area contributed by atoms with Gasteiger partial charge in [-0.1, -0.05) is 27.7 Å². The maximum absolute atomic E-state index is 12.6. The maximum atomic E-state index is 12.6. The Morgan fingerprint density at radius 3 is 2.11 bits per heavy atom. The summed E-state index contributed by atoms with van der Waals surface area (Å²) in [4.78, 5) is 3.18. The van der Waals surface area contributed by atoms with E-state index in [9.17, 15) is 8.42 Å². The van der Waals surface area contributed by atoms with Crippen molar-refractivity contribution in [2.75, 3.05) is 13.1 Å². The van der Waals surface area contributed by atoms with E-state index in [0.29, 0.717) is 35.5 Å². The monoisotopic (exact) mass is 306 g/mol. The van der Waals surface area contributed by atoms with E-state index >= 15 is 0 Å². The van der Waals surface area contributed by atoms with Gasteiger partial charge in [0.05, 0.1) is 10.8 Å². The first-order chi connectivity index (χ1) is 8.77. The molecule has 0 aliphatic rings. The van der Waals surface area contributed by atoms with E-state index in [1.165, 1.54) is 6.20 Å². The molecule has 0 unspecified atom stereocenters. The highest BCUT2D eigenvalue weighted by Crippen LogP contribution is 2.20. The summed E-state index contributed by atoms with van der Waals surface area (Å²) < 4.78 is 26.7. The van der Waals surface area contributed by atoms with Crippen molar-refractivity contribution in [2.24, 2.45) is 11.8 Å². The Kier molecular flexibility index (Phi) is 5.89. The van der Waals surface area contributed by atoms with E-state index in [1.54, 1.807) is 10.4 Å². The molecule has 0 aliphatic heterocycles. The highest BCUT2D eigenvalue weighted by atomic mass is 35.5. The number of rotatable bonds is 7. The minimum atomic E-state index is -3.44. The van der Waals surface area contributed by atoms with Crippen molar-refractivity contribution in [1.29, 1.82) is 0 Å². The molecule has 1 aromatic rings. The molecule has 0 saturated heterocycles. The van der Waals surface area contributed by atoms with Crippen LogP contribution in [-0.2, 0) is 15.9 Å². The van der Waals surface area contributed by atoms with Crippen LogP contribution in [0.15, 0.2) is 17.2 Å². The van der Waals surface area contributed by atoms with Crippen LogP contribution in [0.1, 0.15) is 33.4 Å². The fourth-order valence-corrected chi connectivity index (χ4v) is 3.82. The number of H-pyrrole nitrogens is 1. The number of halogens is 1. The van der Waals surface area contributed by atoms with Crippen LogP contribution in [0.5, 0.6) is 0 Å². The van der Waals surface area contributed by atoms with Gasteiger partial charge in [0.2, 0.25) is 10.0 Å². The molecule has 0 atom stereocenters. The predicted octanol–water partition coefficient (Wildman–Crippen LogP) is 3.06. The van der Waals surface area contributed by atoms with Crippen LogP contribution in [0.25, 0.3) is 0 Å². The third-order valence-electron chi connectivity index (χ3n) is 2.64. The molecule has 0 saturated carbocycles. The molecule has 4 nitrogen and oxygen atoms in total. The lowest BCUT2D eigenvalue weighted by atomic mass is 10.2. The molecule has 110 valence electrons. The normalized spacial score (nSPS) is 12.8. The molecule has 0 radical (unpaired) electrons. The van der Waals surface area contributed by atoms with Gasteiger partial charge in [0.1, 0.15) is 0 Å². The summed E-state index contributed by atoms with van der Waals surface area (Å²) in [6, 6.07) is 1.61. The standard InChI is InChI=1S/C13H23ClN2O2S/c1-10(2)8-16(9-11(3)4)19(17,18)13-5-12(6-14)15-7-13/h5,7,10-11,15H,6,8-9H2,1-4H3. The highest BCUT2D eigenvalue weighted by Gasteiger charge is 2.26. The number of nitrogens with one attached hydrogen (secondary N) is 1. The molecule has 1 N–H and O–H groups in total. The van der Waals surface area contributed by atoms with E-state index in [0.717, 1.165) is 0 Å². The smallest absolute Gasteiger partial charge is 0.244 e. The van der Waals surface area contributed by atoms with E-state index in [2.05, 4.69) is 4.98 Å². The predicted molar refractivity (Wildman–Crippen MR) is 78.8 cm³/mol. The number of sulfonamides is 1. The molecule has 1 aromatic heterocycles. The van der Waals surface area contributed by atoms with Gasteiger partial charge in [0.25, 0.3) is 0 Å². The molecule has 0 aliphatic carbocycles. The molecule has 1 heterocycles. The Balaban J connectivity index is 3.03. The zero-order valence-electron chi connectivity index (χ0n) is 12.0. The summed E-state index contributed by atoms with van der Waals surface area (Å²) in [6.45, 7) is 9.13. The molecule has 0 aromatic carbocycles. The zero-order chi connectivity index (χ0) is 14.6. The van der Waals surface area contributed by atoms with Gasteiger partial charge in [-0.3, -0.25) is 0 Å². The third kappa shape index (κ3) is 4.51. The van der Waals surface area contributed by atoms with E-state index in [4.69, 9.17) is 11.6 Å². The lowest BCUT2D eigenvalue weighted by Crippen LogP contribution is -2.36. The Labute approximate surface area is 121 Å². The van der Waals surface area contributed by atoms with Gasteiger partial charge in [0, 0.05) is 25.0 Å². The minimum Gasteiger partial charge on any atom is -0.363 e. The first kappa shape index (κ1) is 16.5. The lowest BCUT2D eigenvalue weighted by molar-refractivity contribution is 0.333. The molecular weight excluding hydrogens is 284 g/mol. The van der Waals surface area contributed by atoms with Crippen molar-refractivity contribution in [3.8, 4) is 0 Å². The molecule has 0 spiro atoms. The van der Waals surface area contributed by atoms with Crippen LogP contribution < -0.4 is 0 Å². The van der Waals surface area contributed by atoms with Crippen molar-refractivity contribution in [2.45, 2.75) is 38.5 Å². The van der Waals surface area contributed by atoms with Gasteiger partial charge in [-0.15, -0.1) is 11.6 Å². The Hall–Kier alpha value is -0.520. The summed E-state index contributed by atoms with van der Waals surface area (Å²) in [5.74, 6) is 0.865. The van der Waals surface area contributed by atoms with Crippen LogP contribution in [-0.4, -0.2) is 30.8 Å². The first-order valence-electron chi connectivity index (χ1n) is 6.50. The molecule has 0 fully saturated rings. The summed E-state index contributed by atoms with van der Waals surface area (Å²) in [5, 5.41) is 0. The number of hydrogen-bond donors (Lipinski definition) is 1. The number of nitrogens with zero attached hydrogens (tertiary/aromatic N) is 1. The van der Waals surface area contributed by atoms with Crippen molar-refractivity contribution < 1.29 is 8.42 Å². The average molecular weight is 307 g/mol. The van der Waals surface area contributed by atoms with Gasteiger partial charge in [-0.05, 0) is 17.9 Å². The molecule has 0 amide bonds. The third-order valence-corrected chi connectivity index (χ3v) is 4.73. The highest BCUT2D eigenvalue weighted by molar-refractivity contribution is 7.89. The molecule has 6 heteroatoms. The fraction of sp³-hybridized carbons (Fsp3) is 0.692. The minimum absolute atomic E-state index is 0.282. The Bertz CT molecular complexity index is 484. The van der Waals surface area contributed by atoms with Gasteiger partial charge in [0.15, 0.2) is 0 Å². The van der Waals surface area contributed by atoms with E-state index in [-0.39, 0.29) is 5.88 Å². The second-order valence-corrected chi connectivity index (χ2v) is 7.81. The van der Waals surface area contributed by atoms with Crippen LogP contribution in [0.3, 0.4) is 0 Å². The van der Waals surface area contributed by atoms with Crippen LogP contribution in [0.2, 0.25) is 0 Å². The number of aromatic nitrogens is 1. The fourth-order valence-electron chi connectivity index (χ4n) is 1.88. The van der Waals surface area contributed by atoms with Crippen molar-refractivity contribution >= 4 is 21.6 Å². The number of hydrogen-bond acceptors (Lipinski definition) is 2. The molecule has 0 bridgehead atoms. The maximum Gasteiger partial charge on any atom is 0.244 e. The summed E-state index contributed by atoms with van der Waals surface area (Å²) in [5.41, 5.74) is 0.717. The number of alkyl halides is 1. The summed E-state index contributed by atoms with van der Waals surface area (Å²) in [7, 11) is -3.44. The Morgan fingerprint density at radius 1 is 1.21 bits per heavy atom. The quantitative estimate of drug-likeness (QED) is 0.787. The van der Waals surface area contributed by atoms with E-state index in [1.807, 2.05) is 27.7 Å². The van der Waals surface area contributed by atoms with Gasteiger partial charge in [-0.2, -0.15) is 4.31 Å². The SMILES string of the molecule is CC(C)CN(CC(C)C)S(=O)(=O)c1c[nH]c(CCl)c1. The van der Waals surface area contributed by atoms with Crippen LogP contribution in [0, 0.1) is 11.8 Å².